The molecule has 0 radical (unpaired) electrons. The fourth-order valence-corrected chi connectivity index (χ4v) is 5.59. The molecule has 30 heavy (non-hydrogen) atoms. The van der Waals surface area contributed by atoms with E-state index >= 15 is 0 Å². The van der Waals surface area contributed by atoms with Crippen molar-refractivity contribution in [3.8, 4) is 0 Å². The molecule has 2 aromatic rings. The molecule has 0 bridgehead atoms. The van der Waals surface area contributed by atoms with Gasteiger partial charge in [-0.05, 0) is 50.1 Å². The first-order valence-corrected chi connectivity index (χ1v) is 10.7. The van der Waals surface area contributed by atoms with Crippen molar-refractivity contribution in [1.29, 1.82) is 0 Å². The number of hydrogen-bond acceptors (Lipinski definition) is 5. The Balaban J connectivity index is 1.45. The van der Waals surface area contributed by atoms with Gasteiger partial charge in [0, 0.05) is 29.2 Å². The number of pyridine rings is 1. The molecule has 8 heteroatoms. The Morgan fingerprint density at radius 1 is 1.20 bits per heavy atom. The number of thioether (sulfide) groups is 1. The molecule has 0 saturated carbocycles. The third-order valence-electron chi connectivity index (χ3n) is 5.51. The highest BCUT2D eigenvalue weighted by atomic mass is 32.2. The van der Waals surface area contributed by atoms with Gasteiger partial charge in [0.2, 0.25) is 11.8 Å². The lowest BCUT2D eigenvalue weighted by Gasteiger charge is -2.30. The zero-order chi connectivity index (χ0) is 21.5. The van der Waals surface area contributed by atoms with E-state index in [1.165, 1.54) is 0 Å². The van der Waals surface area contributed by atoms with Crippen LogP contribution in [0.4, 0.5) is 0 Å². The van der Waals surface area contributed by atoms with Crippen molar-refractivity contribution in [2.45, 2.75) is 49.5 Å². The number of hydrogen-bond donors (Lipinski definition) is 2. The summed E-state index contributed by atoms with van der Waals surface area (Å²) in [4.78, 5) is 44.3. The molecule has 0 aliphatic carbocycles. The predicted octanol–water partition coefficient (Wildman–Crippen LogP) is 2.25. The van der Waals surface area contributed by atoms with Crippen molar-refractivity contribution in [3.63, 3.8) is 0 Å². The molecule has 7 nitrogen and oxygen atoms in total. The minimum absolute atomic E-state index is 0.136. The van der Waals surface area contributed by atoms with Gasteiger partial charge in [-0.3, -0.25) is 19.4 Å². The van der Waals surface area contributed by atoms with E-state index in [0.29, 0.717) is 12.1 Å². The summed E-state index contributed by atoms with van der Waals surface area (Å²) in [6, 6.07) is 9.73. The van der Waals surface area contributed by atoms with Crippen LogP contribution in [0.25, 0.3) is 0 Å². The zero-order valence-corrected chi connectivity index (χ0v) is 17.9. The third-order valence-corrected chi connectivity index (χ3v) is 7.05. The number of nitrogens with zero attached hydrogens (tertiary/aromatic N) is 2. The maximum Gasteiger partial charge on any atom is 0.256 e. The molecule has 3 amide bonds. The van der Waals surface area contributed by atoms with Gasteiger partial charge in [-0.25, -0.2) is 0 Å². The van der Waals surface area contributed by atoms with E-state index in [4.69, 9.17) is 0 Å². The van der Waals surface area contributed by atoms with Crippen molar-refractivity contribution in [3.05, 3.63) is 65.5 Å². The minimum atomic E-state index is -0.723. The van der Waals surface area contributed by atoms with E-state index in [9.17, 15) is 14.4 Å². The average molecular weight is 425 g/mol. The summed E-state index contributed by atoms with van der Waals surface area (Å²) >= 11 is 1.60. The first kappa shape index (κ1) is 20.4. The van der Waals surface area contributed by atoms with Crippen LogP contribution >= 0.6 is 11.8 Å². The van der Waals surface area contributed by atoms with Gasteiger partial charge in [0.05, 0.1) is 0 Å². The van der Waals surface area contributed by atoms with Crippen LogP contribution in [-0.4, -0.2) is 44.4 Å². The highest BCUT2D eigenvalue weighted by Crippen LogP contribution is 2.56. The Bertz CT molecular complexity index is 995. The minimum Gasteiger partial charge on any atom is -0.350 e. The van der Waals surface area contributed by atoms with Crippen LogP contribution < -0.4 is 10.6 Å². The third kappa shape index (κ3) is 3.56. The molecule has 1 aromatic carbocycles. The number of aromatic nitrogens is 1. The van der Waals surface area contributed by atoms with Crippen molar-refractivity contribution >= 4 is 29.5 Å². The van der Waals surface area contributed by atoms with Crippen LogP contribution in [0.2, 0.25) is 0 Å². The Morgan fingerprint density at radius 2 is 1.90 bits per heavy atom. The van der Waals surface area contributed by atoms with Crippen LogP contribution in [-0.2, 0) is 16.1 Å². The summed E-state index contributed by atoms with van der Waals surface area (Å²) in [5.41, 5.74) is 2.51. The van der Waals surface area contributed by atoms with Crippen molar-refractivity contribution in [2.24, 2.45) is 0 Å². The lowest BCUT2D eigenvalue weighted by molar-refractivity contribution is -0.131. The van der Waals surface area contributed by atoms with E-state index in [0.717, 1.165) is 11.1 Å². The Kier molecular flexibility index (Phi) is 5.27. The summed E-state index contributed by atoms with van der Waals surface area (Å²) in [5.74, 6) is -0.734. The smallest absolute Gasteiger partial charge is 0.256 e. The van der Waals surface area contributed by atoms with Gasteiger partial charge in [0.15, 0.2) is 0 Å². The van der Waals surface area contributed by atoms with Crippen LogP contribution in [0.1, 0.15) is 47.6 Å². The van der Waals surface area contributed by atoms with E-state index in [-0.39, 0.29) is 23.1 Å². The van der Waals surface area contributed by atoms with Crippen LogP contribution in [0.15, 0.2) is 48.8 Å². The van der Waals surface area contributed by atoms with Gasteiger partial charge in [-0.2, -0.15) is 0 Å². The first-order chi connectivity index (χ1) is 14.3. The molecule has 0 unspecified atom stereocenters. The summed E-state index contributed by atoms with van der Waals surface area (Å²) in [5, 5.41) is 5.44. The van der Waals surface area contributed by atoms with Crippen LogP contribution in [0.5, 0.6) is 0 Å². The van der Waals surface area contributed by atoms with E-state index < -0.39 is 16.8 Å². The lowest BCUT2D eigenvalue weighted by atomic mass is 10.0. The van der Waals surface area contributed by atoms with Crippen LogP contribution in [0.3, 0.4) is 0 Å². The Hall–Kier alpha value is -2.87. The maximum atomic E-state index is 13.2. The largest absolute Gasteiger partial charge is 0.350 e. The molecule has 3 heterocycles. The summed E-state index contributed by atoms with van der Waals surface area (Å²) in [6.07, 6.45) is 3.32. The van der Waals surface area contributed by atoms with Crippen molar-refractivity contribution < 1.29 is 14.4 Å². The highest BCUT2D eigenvalue weighted by Gasteiger charge is 2.57. The second kappa shape index (κ2) is 7.75. The van der Waals surface area contributed by atoms with Gasteiger partial charge in [-0.15, -0.1) is 11.8 Å². The number of carbonyl (C=O) groups is 3. The number of rotatable bonds is 5. The summed E-state index contributed by atoms with van der Waals surface area (Å²) in [7, 11) is 0. The maximum absolute atomic E-state index is 13.2. The van der Waals surface area contributed by atoms with Crippen molar-refractivity contribution in [2.75, 3.05) is 0 Å². The molecule has 4 rings (SSSR count). The number of nitrogens with one attached hydrogen (secondary N) is 2. The molecule has 2 aliphatic heterocycles. The molecule has 1 aromatic heterocycles. The molecule has 1 saturated heterocycles. The SMILES string of the molecule is C[C@H](NC(=O)[C@H]1N2C(=O)c3ccccc3[C@H]2SC1(C)C)C(=O)NCc1ccncc1. The molecule has 2 N–H and O–H groups in total. The second-order valence-electron chi connectivity index (χ2n) is 8.08. The van der Waals surface area contributed by atoms with Gasteiger partial charge in [-0.1, -0.05) is 18.2 Å². The quantitative estimate of drug-likeness (QED) is 0.768. The van der Waals surface area contributed by atoms with E-state index in [1.54, 1.807) is 42.0 Å². The molecular weight excluding hydrogens is 400 g/mol. The predicted molar refractivity (Wildman–Crippen MR) is 114 cm³/mol. The summed E-state index contributed by atoms with van der Waals surface area (Å²) in [6.45, 7) is 5.93. The number of benzene rings is 1. The molecule has 1 fully saturated rings. The zero-order valence-electron chi connectivity index (χ0n) is 17.1. The Morgan fingerprint density at radius 3 is 2.63 bits per heavy atom. The van der Waals surface area contributed by atoms with Crippen molar-refractivity contribution in [1.82, 2.24) is 20.5 Å². The van der Waals surface area contributed by atoms with Gasteiger partial charge < -0.3 is 15.5 Å². The van der Waals surface area contributed by atoms with Gasteiger partial charge in [0.1, 0.15) is 17.5 Å². The van der Waals surface area contributed by atoms with E-state index in [1.807, 2.05) is 44.2 Å². The second-order valence-corrected chi connectivity index (χ2v) is 9.81. The van der Waals surface area contributed by atoms with Gasteiger partial charge in [0.25, 0.3) is 5.91 Å². The molecule has 156 valence electrons. The highest BCUT2D eigenvalue weighted by molar-refractivity contribution is 8.01. The fraction of sp³-hybridized carbons (Fsp3) is 0.364. The first-order valence-electron chi connectivity index (χ1n) is 9.86. The topological polar surface area (TPSA) is 91.4 Å². The average Bonchev–Trinajstić information content (AvgIpc) is 3.16. The standard InChI is InChI=1S/C22H24N4O3S/c1-13(18(27)24-12-14-8-10-23-11-9-14)25-19(28)17-22(2,3)30-21-16-7-5-4-6-15(16)20(29)26(17)21/h4-11,13,17,21H,12H2,1-3H3,(H,24,27)(H,25,28)/t13-,17+,21+/m0/s1. The van der Waals surface area contributed by atoms with Crippen LogP contribution in [0, 0.1) is 0 Å². The fourth-order valence-electron chi connectivity index (χ4n) is 4.01. The number of amides is 3. The Labute approximate surface area is 179 Å². The molecule has 0 spiro atoms. The lowest BCUT2D eigenvalue weighted by Crippen LogP contribution is -2.56. The molecule has 2 aliphatic rings. The molecule has 3 atom stereocenters. The number of carbonyl (C=O) groups excluding carboxylic acids is 3. The van der Waals surface area contributed by atoms with Gasteiger partial charge >= 0.3 is 0 Å². The number of fused-ring (bicyclic) bond motifs is 3. The summed E-state index contributed by atoms with van der Waals surface area (Å²) < 4.78 is -0.481. The monoisotopic (exact) mass is 424 g/mol. The van der Waals surface area contributed by atoms with E-state index in [2.05, 4.69) is 15.6 Å². The normalized spacial score (nSPS) is 22.2. The molecular formula is C22H24N4O3S.